The van der Waals surface area contributed by atoms with Crippen LogP contribution in [0.1, 0.15) is 26.2 Å². The maximum Gasteiger partial charge on any atom is 0.0556 e. The molecule has 0 aromatic heterocycles. The zero-order chi connectivity index (χ0) is 11.1. The number of hydrogen-bond donors (Lipinski definition) is 4. The highest BCUT2D eigenvalue weighted by atomic mass is 16.3. The second-order valence-electron chi connectivity index (χ2n) is 4.36. The van der Waals surface area contributed by atoms with Crippen molar-refractivity contribution in [2.75, 3.05) is 26.3 Å². The van der Waals surface area contributed by atoms with E-state index in [4.69, 9.17) is 10.2 Å². The van der Waals surface area contributed by atoms with Gasteiger partial charge in [0.25, 0.3) is 0 Å². The summed E-state index contributed by atoms with van der Waals surface area (Å²) in [5.74, 6) is 0.567. The van der Waals surface area contributed by atoms with E-state index in [1.807, 2.05) is 0 Å². The molecule has 1 saturated carbocycles. The zero-order valence-corrected chi connectivity index (χ0v) is 9.58. The minimum atomic E-state index is 0.206. The lowest BCUT2D eigenvalue weighted by Gasteiger charge is -2.37. The van der Waals surface area contributed by atoms with Gasteiger partial charge in [0.2, 0.25) is 0 Å². The van der Waals surface area contributed by atoms with Gasteiger partial charge < -0.3 is 20.8 Å². The fourth-order valence-corrected chi connectivity index (χ4v) is 2.44. The zero-order valence-electron chi connectivity index (χ0n) is 9.58. The van der Waals surface area contributed by atoms with Crippen molar-refractivity contribution in [3.05, 3.63) is 0 Å². The van der Waals surface area contributed by atoms with Crippen LogP contribution in [0.5, 0.6) is 0 Å². The minimum absolute atomic E-state index is 0.206. The van der Waals surface area contributed by atoms with Gasteiger partial charge in [0.1, 0.15) is 0 Å². The average Bonchev–Trinajstić information content (AvgIpc) is 2.26. The van der Waals surface area contributed by atoms with Gasteiger partial charge in [-0.3, -0.25) is 0 Å². The molecule has 1 rings (SSSR count). The van der Waals surface area contributed by atoms with Crippen molar-refractivity contribution >= 4 is 0 Å². The van der Waals surface area contributed by atoms with Gasteiger partial charge in [-0.25, -0.2) is 0 Å². The predicted octanol–water partition coefficient (Wildman–Crippen LogP) is -0.293. The molecule has 2 unspecified atom stereocenters. The van der Waals surface area contributed by atoms with Crippen molar-refractivity contribution in [1.82, 2.24) is 10.6 Å². The van der Waals surface area contributed by atoms with Gasteiger partial charge >= 0.3 is 0 Å². The average molecular weight is 216 g/mol. The van der Waals surface area contributed by atoms with Gasteiger partial charge in [0.15, 0.2) is 0 Å². The largest absolute Gasteiger partial charge is 0.395 e. The van der Waals surface area contributed by atoms with Crippen molar-refractivity contribution in [2.24, 2.45) is 5.92 Å². The topological polar surface area (TPSA) is 64.5 Å². The Hall–Kier alpha value is -0.160. The van der Waals surface area contributed by atoms with E-state index in [2.05, 4.69) is 17.6 Å². The van der Waals surface area contributed by atoms with Crippen LogP contribution >= 0.6 is 0 Å². The summed E-state index contributed by atoms with van der Waals surface area (Å²) in [6.45, 7) is 4.02. The molecule has 0 aromatic rings. The van der Waals surface area contributed by atoms with E-state index >= 15 is 0 Å². The van der Waals surface area contributed by atoms with E-state index < -0.39 is 0 Å². The van der Waals surface area contributed by atoms with E-state index in [0.717, 1.165) is 0 Å². The van der Waals surface area contributed by atoms with E-state index in [0.29, 0.717) is 31.1 Å². The molecular weight excluding hydrogens is 192 g/mol. The first-order chi connectivity index (χ1) is 7.29. The Morgan fingerprint density at radius 2 is 1.47 bits per heavy atom. The monoisotopic (exact) mass is 216 g/mol. The Kier molecular flexibility index (Phi) is 6.17. The smallest absolute Gasteiger partial charge is 0.0556 e. The Morgan fingerprint density at radius 3 is 1.87 bits per heavy atom. The molecule has 0 amide bonds. The highest BCUT2D eigenvalue weighted by molar-refractivity contribution is 4.88. The SMILES string of the molecule is CC1C(NCCO)CCCC1NCCO. The molecule has 2 atom stereocenters. The van der Waals surface area contributed by atoms with Gasteiger partial charge in [-0.15, -0.1) is 0 Å². The second-order valence-corrected chi connectivity index (χ2v) is 4.36. The summed E-state index contributed by atoms with van der Waals surface area (Å²) in [6, 6.07) is 1.00. The fourth-order valence-electron chi connectivity index (χ4n) is 2.44. The molecule has 0 spiro atoms. The van der Waals surface area contributed by atoms with Gasteiger partial charge in [-0.05, 0) is 18.8 Å². The Balaban J connectivity index is 2.33. The Bertz CT molecular complexity index is 151. The summed E-state index contributed by atoms with van der Waals surface area (Å²) in [5, 5.41) is 24.3. The number of aliphatic hydroxyl groups is 2. The summed E-state index contributed by atoms with van der Waals surface area (Å²) in [7, 11) is 0. The van der Waals surface area contributed by atoms with Gasteiger partial charge in [0.05, 0.1) is 13.2 Å². The van der Waals surface area contributed by atoms with E-state index in [9.17, 15) is 0 Å². The molecule has 0 aromatic carbocycles. The summed E-state index contributed by atoms with van der Waals surface area (Å²) in [4.78, 5) is 0. The predicted molar refractivity (Wildman–Crippen MR) is 60.8 cm³/mol. The van der Waals surface area contributed by atoms with E-state index in [1.165, 1.54) is 19.3 Å². The van der Waals surface area contributed by atoms with Crippen LogP contribution in [0.3, 0.4) is 0 Å². The van der Waals surface area contributed by atoms with Crippen LogP contribution in [-0.2, 0) is 0 Å². The fraction of sp³-hybridized carbons (Fsp3) is 1.00. The number of nitrogens with one attached hydrogen (secondary N) is 2. The Labute approximate surface area is 92.1 Å². The third-order valence-corrected chi connectivity index (χ3v) is 3.34. The highest BCUT2D eigenvalue weighted by Gasteiger charge is 2.28. The molecular formula is C11H24N2O2. The summed E-state index contributed by atoms with van der Waals surface area (Å²) < 4.78 is 0. The third kappa shape index (κ3) is 4.07. The molecule has 0 aliphatic heterocycles. The number of aliphatic hydroxyl groups excluding tert-OH is 2. The number of hydrogen-bond acceptors (Lipinski definition) is 4. The lowest BCUT2D eigenvalue weighted by atomic mass is 9.81. The normalized spacial score (nSPS) is 31.8. The van der Waals surface area contributed by atoms with E-state index in [1.54, 1.807) is 0 Å². The van der Waals surface area contributed by atoms with Crippen LogP contribution in [0.4, 0.5) is 0 Å². The molecule has 0 saturated heterocycles. The van der Waals surface area contributed by atoms with Crippen molar-refractivity contribution in [3.63, 3.8) is 0 Å². The first kappa shape index (κ1) is 12.9. The van der Waals surface area contributed by atoms with Gasteiger partial charge in [-0.2, -0.15) is 0 Å². The van der Waals surface area contributed by atoms with Crippen LogP contribution in [-0.4, -0.2) is 48.6 Å². The maximum atomic E-state index is 8.78. The Morgan fingerprint density at radius 1 is 1.00 bits per heavy atom. The maximum absolute atomic E-state index is 8.78. The first-order valence-corrected chi connectivity index (χ1v) is 5.98. The van der Waals surface area contributed by atoms with Crippen molar-refractivity contribution in [3.8, 4) is 0 Å². The highest BCUT2D eigenvalue weighted by Crippen LogP contribution is 2.24. The van der Waals surface area contributed by atoms with Crippen LogP contribution in [0.25, 0.3) is 0 Å². The molecule has 0 radical (unpaired) electrons. The summed E-state index contributed by atoms with van der Waals surface area (Å²) in [5.41, 5.74) is 0. The molecule has 4 nitrogen and oxygen atoms in total. The van der Waals surface area contributed by atoms with Crippen molar-refractivity contribution in [1.29, 1.82) is 0 Å². The van der Waals surface area contributed by atoms with Crippen LogP contribution < -0.4 is 10.6 Å². The molecule has 1 fully saturated rings. The molecule has 15 heavy (non-hydrogen) atoms. The molecule has 4 heteroatoms. The molecule has 0 bridgehead atoms. The van der Waals surface area contributed by atoms with Crippen molar-refractivity contribution in [2.45, 2.75) is 38.3 Å². The third-order valence-electron chi connectivity index (χ3n) is 3.34. The lowest BCUT2D eigenvalue weighted by Crippen LogP contribution is -2.50. The molecule has 1 aliphatic carbocycles. The summed E-state index contributed by atoms with van der Waals surface area (Å²) in [6.07, 6.45) is 3.60. The second kappa shape index (κ2) is 7.17. The molecule has 90 valence electrons. The van der Waals surface area contributed by atoms with Crippen LogP contribution in [0.15, 0.2) is 0 Å². The van der Waals surface area contributed by atoms with Crippen LogP contribution in [0.2, 0.25) is 0 Å². The summed E-state index contributed by atoms with van der Waals surface area (Å²) >= 11 is 0. The van der Waals surface area contributed by atoms with Crippen LogP contribution in [0, 0.1) is 5.92 Å². The minimum Gasteiger partial charge on any atom is -0.395 e. The van der Waals surface area contributed by atoms with Gasteiger partial charge in [0, 0.05) is 25.2 Å². The van der Waals surface area contributed by atoms with Crippen molar-refractivity contribution < 1.29 is 10.2 Å². The van der Waals surface area contributed by atoms with E-state index in [-0.39, 0.29) is 13.2 Å². The van der Waals surface area contributed by atoms with Gasteiger partial charge in [-0.1, -0.05) is 13.3 Å². The quantitative estimate of drug-likeness (QED) is 0.492. The lowest BCUT2D eigenvalue weighted by molar-refractivity contribution is 0.191. The first-order valence-electron chi connectivity index (χ1n) is 5.98. The molecule has 4 N–H and O–H groups in total. The standard InChI is InChI=1S/C11H24N2O2/c1-9-10(12-5-7-14)3-2-4-11(9)13-6-8-15/h9-15H,2-8H2,1H3. The number of rotatable bonds is 6. The molecule has 1 aliphatic rings. The molecule has 0 heterocycles.